The topological polar surface area (TPSA) is 91.8 Å². The van der Waals surface area contributed by atoms with E-state index in [0.717, 1.165) is 15.6 Å². The summed E-state index contributed by atoms with van der Waals surface area (Å²) in [6.45, 7) is 3.36. The summed E-state index contributed by atoms with van der Waals surface area (Å²) < 4.78 is 49.6. The van der Waals surface area contributed by atoms with E-state index < -0.39 is 31.8 Å². The van der Waals surface area contributed by atoms with E-state index in [2.05, 4.69) is 6.58 Å². The zero-order chi connectivity index (χ0) is 18.8. The number of sulfone groups is 1. The molecule has 0 spiro atoms. The molecule has 1 fully saturated rings. The van der Waals surface area contributed by atoms with Gasteiger partial charge >= 0.3 is 0 Å². The number of rotatable bonds is 7. The number of carbonyl (C=O) groups is 1. The molecule has 1 aromatic heterocycles. The van der Waals surface area contributed by atoms with Crippen LogP contribution in [0.1, 0.15) is 6.42 Å². The van der Waals surface area contributed by atoms with Crippen molar-refractivity contribution in [3.05, 3.63) is 29.1 Å². The Morgan fingerprint density at radius 1 is 1.48 bits per heavy atom. The molecule has 0 saturated carbocycles. The van der Waals surface area contributed by atoms with Gasteiger partial charge in [0, 0.05) is 19.6 Å². The predicted octanol–water partition coefficient (Wildman–Crippen LogP) is 1.22. The molecule has 0 N–H and O–H groups in total. The van der Waals surface area contributed by atoms with Gasteiger partial charge in [0.2, 0.25) is 5.91 Å². The molecule has 2 rings (SSSR count). The molecule has 1 aliphatic heterocycles. The van der Waals surface area contributed by atoms with Crippen LogP contribution in [0.3, 0.4) is 0 Å². The fourth-order valence-electron chi connectivity index (χ4n) is 2.57. The SMILES string of the molecule is C=CCN(C(=O)CN(C)S(=O)(=O)c1ccc(Cl)s1)C1CCS(=O)(=O)C1. The highest BCUT2D eigenvalue weighted by molar-refractivity contribution is 7.91. The van der Waals surface area contributed by atoms with Crippen molar-refractivity contribution in [2.24, 2.45) is 0 Å². The third-order valence-corrected chi connectivity index (χ3v) is 9.12. The summed E-state index contributed by atoms with van der Waals surface area (Å²) >= 11 is 6.68. The van der Waals surface area contributed by atoms with E-state index in [1.807, 2.05) is 0 Å². The third kappa shape index (κ3) is 4.82. The lowest BCUT2D eigenvalue weighted by Gasteiger charge is -2.28. The smallest absolute Gasteiger partial charge is 0.252 e. The zero-order valence-electron chi connectivity index (χ0n) is 13.6. The maximum atomic E-state index is 12.6. The minimum Gasteiger partial charge on any atom is -0.334 e. The van der Waals surface area contributed by atoms with Gasteiger partial charge in [0.1, 0.15) is 4.21 Å². The maximum absolute atomic E-state index is 12.6. The van der Waals surface area contributed by atoms with Crippen LogP contribution >= 0.6 is 22.9 Å². The van der Waals surface area contributed by atoms with Gasteiger partial charge in [-0.15, -0.1) is 17.9 Å². The number of hydrogen-bond acceptors (Lipinski definition) is 6. The van der Waals surface area contributed by atoms with Gasteiger partial charge < -0.3 is 4.90 Å². The van der Waals surface area contributed by atoms with Crippen molar-refractivity contribution in [3.63, 3.8) is 0 Å². The van der Waals surface area contributed by atoms with E-state index in [4.69, 9.17) is 11.6 Å². The van der Waals surface area contributed by atoms with Crippen molar-refractivity contribution in [2.45, 2.75) is 16.7 Å². The van der Waals surface area contributed by atoms with Crippen LogP contribution in [0, 0.1) is 0 Å². The molecule has 1 amide bonds. The first-order valence-corrected chi connectivity index (χ1v) is 11.8. The third-order valence-electron chi connectivity index (χ3n) is 3.87. The van der Waals surface area contributed by atoms with Crippen LogP contribution in [0.4, 0.5) is 0 Å². The number of thiophene rings is 1. The minimum atomic E-state index is -3.83. The van der Waals surface area contributed by atoms with Gasteiger partial charge in [-0.2, -0.15) is 4.31 Å². The van der Waals surface area contributed by atoms with Crippen LogP contribution in [-0.4, -0.2) is 69.6 Å². The van der Waals surface area contributed by atoms with Crippen LogP contribution in [-0.2, 0) is 24.7 Å². The molecular formula is C14H19ClN2O5S3. The summed E-state index contributed by atoms with van der Waals surface area (Å²) in [6.07, 6.45) is 1.84. The lowest BCUT2D eigenvalue weighted by atomic mass is 10.2. The van der Waals surface area contributed by atoms with E-state index in [0.29, 0.717) is 10.8 Å². The summed E-state index contributed by atoms with van der Waals surface area (Å²) in [4.78, 5) is 14.0. The highest BCUT2D eigenvalue weighted by atomic mass is 35.5. The fourth-order valence-corrected chi connectivity index (χ4v) is 7.12. The van der Waals surface area contributed by atoms with E-state index >= 15 is 0 Å². The second-order valence-electron chi connectivity index (χ2n) is 5.71. The molecule has 1 unspecified atom stereocenters. The molecule has 2 heterocycles. The van der Waals surface area contributed by atoms with Gasteiger partial charge in [-0.3, -0.25) is 4.79 Å². The summed E-state index contributed by atoms with van der Waals surface area (Å²) in [6, 6.07) is 2.40. The molecule has 0 radical (unpaired) electrons. The maximum Gasteiger partial charge on any atom is 0.252 e. The highest BCUT2D eigenvalue weighted by Crippen LogP contribution is 2.27. The van der Waals surface area contributed by atoms with Crippen molar-refractivity contribution in [3.8, 4) is 0 Å². The Morgan fingerprint density at radius 2 is 2.16 bits per heavy atom. The van der Waals surface area contributed by atoms with Crippen molar-refractivity contribution >= 4 is 48.7 Å². The van der Waals surface area contributed by atoms with Gasteiger partial charge in [-0.05, 0) is 18.6 Å². The summed E-state index contributed by atoms with van der Waals surface area (Å²) in [7, 11) is -5.69. The number of likely N-dealkylation sites (N-methyl/N-ethyl adjacent to an activating group) is 1. The number of nitrogens with zero attached hydrogens (tertiary/aromatic N) is 2. The first kappa shape index (κ1) is 20.4. The van der Waals surface area contributed by atoms with Crippen LogP contribution in [0.25, 0.3) is 0 Å². The summed E-state index contributed by atoms with van der Waals surface area (Å²) in [5.41, 5.74) is 0. The van der Waals surface area contributed by atoms with Crippen molar-refractivity contribution in [2.75, 3.05) is 31.6 Å². The molecule has 1 saturated heterocycles. The van der Waals surface area contributed by atoms with Gasteiger partial charge in [0.25, 0.3) is 10.0 Å². The largest absolute Gasteiger partial charge is 0.334 e. The molecule has 0 aromatic carbocycles. The standard InChI is InChI=1S/C14H19ClN2O5S3/c1-3-7-17(11-6-8-24(19,20)10-11)13(18)9-16(2)25(21,22)14-5-4-12(15)23-14/h3-5,11H,1,6-10H2,2H3. The van der Waals surface area contributed by atoms with E-state index in [1.54, 1.807) is 0 Å². The molecule has 1 aliphatic rings. The van der Waals surface area contributed by atoms with Crippen LogP contribution in [0.5, 0.6) is 0 Å². The first-order valence-electron chi connectivity index (χ1n) is 7.39. The van der Waals surface area contributed by atoms with E-state index in [9.17, 15) is 21.6 Å². The van der Waals surface area contributed by atoms with Crippen molar-refractivity contribution < 1.29 is 21.6 Å². The van der Waals surface area contributed by atoms with Gasteiger partial charge in [0.15, 0.2) is 9.84 Å². The monoisotopic (exact) mass is 426 g/mol. The van der Waals surface area contributed by atoms with E-state index in [1.165, 1.54) is 30.2 Å². The number of amides is 1. The van der Waals surface area contributed by atoms with Crippen molar-refractivity contribution in [1.82, 2.24) is 9.21 Å². The summed E-state index contributed by atoms with van der Waals surface area (Å²) in [5.74, 6) is -0.542. The second kappa shape index (κ2) is 7.75. The number of sulfonamides is 1. The number of halogens is 1. The average Bonchev–Trinajstić information content (AvgIpc) is 3.10. The summed E-state index contributed by atoms with van der Waals surface area (Å²) in [5, 5.41) is 0. The molecule has 1 aromatic rings. The molecule has 7 nitrogen and oxygen atoms in total. The average molecular weight is 427 g/mol. The molecule has 25 heavy (non-hydrogen) atoms. The van der Waals surface area contributed by atoms with Gasteiger partial charge in [0.05, 0.1) is 22.4 Å². The predicted molar refractivity (Wildman–Crippen MR) is 98.1 cm³/mol. The van der Waals surface area contributed by atoms with Gasteiger partial charge in [-0.1, -0.05) is 17.7 Å². The van der Waals surface area contributed by atoms with Crippen LogP contribution in [0.15, 0.2) is 29.0 Å². The molecule has 11 heteroatoms. The molecule has 0 aliphatic carbocycles. The molecule has 1 atom stereocenters. The Hall–Kier alpha value is -0.940. The minimum absolute atomic E-state index is 0.0282. The first-order chi connectivity index (χ1) is 11.6. The number of hydrogen-bond donors (Lipinski definition) is 0. The highest BCUT2D eigenvalue weighted by Gasteiger charge is 2.35. The Kier molecular flexibility index (Phi) is 6.31. The fraction of sp³-hybridized carbons (Fsp3) is 0.500. The lowest BCUT2D eigenvalue weighted by molar-refractivity contribution is -0.132. The Labute approximate surface area is 156 Å². The molecule has 0 bridgehead atoms. The van der Waals surface area contributed by atoms with Crippen LogP contribution in [0.2, 0.25) is 4.34 Å². The van der Waals surface area contributed by atoms with Crippen molar-refractivity contribution in [1.29, 1.82) is 0 Å². The zero-order valence-corrected chi connectivity index (χ0v) is 16.8. The lowest BCUT2D eigenvalue weighted by Crippen LogP contribution is -2.46. The number of carbonyl (C=O) groups excluding carboxylic acids is 1. The second-order valence-corrected chi connectivity index (χ2v) is 11.9. The Balaban J connectivity index is 2.13. The van der Waals surface area contributed by atoms with Crippen LogP contribution < -0.4 is 0 Å². The molecular weight excluding hydrogens is 408 g/mol. The quantitative estimate of drug-likeness (QED) is 0.611. The Bertz CT molecular complexity index is 863. The molecule has 140 valence electrons. The normalized spacial score (nSPS) is 19.9. The van der Waals surface area contributed by atoms with E-state index in [-0.39, 0.29) is 28.8 Å². The van der Waals surface area contributed by atoms with Gasteiger partial charge in [-0.25, -0.2) is 16.8 Å². The Morgan fingerprint density at radius 3 is 2.64 bits per heavy atom.